The van der Waals surface area contributed by atoms with Gasteiger partial charge in [0.25, 0.3) is 0 Å². The number of imide groups is 1. The number of hydrogen-bond donors (Lipinski definition) is 5. The summed E-state index contributed by atoms with van der Waals surface area (Å²) in [7, 11) is 5.55. The summed E-state index contributed by atoms with van der Waals surface area (Å²) in [4.78, 5) is 71.0. The van der Waals surface area contributed by atoms with Crippen LogP contribution in [0, 0.1) is 5.92 Å². The zero-order chi connectivity index (χ0) is 30.8. The Morgan fingerprint density at radius 2 is 1.63 bits per heavy atom. The van der Waals surface area contributed by atoms with E-state index in [9.17, 15) is 28.8 Å². The van der Waals surface area contributed by atoms with Gasteiger partial charge in [0, 0.05) is 31.5 Å². The molecule has 1 unspecified atom stereocenters. The lowest BCUT2D eigenvalue weighted by molar-refractivity contribution is -0.139. The summed E-state index contributed by atoms with van der Waals surface area (Å²) < 4.78 is 5.35. The van der Waals surface area contributed by atoms with E-state index in [1.165, 1.54) is 0 Å². The molecule has 0 aliphatic carbocycles. The first-order valence-corrected chi connectivity index (χ1v) is 13.6. The highest BCUT2D eigenvalue weighted by molar-refractivity contribution is 6.08. The van der Waals surface area contributed by atoms with Crippen molar-refractivity contribution in [2.75, 3.05) is 38.2 Å². The number of ether oxygens (including phenoxy) is 1. The normalized spacial score (nSPS) is 13.2. The molecule has 2 rings (SSSR count). The first kappa shape index (κ1) is 35.1. The smallest absolute Gasteiger partial charge is 0.312 e. The highest BCUT2D eigenvalue weighted by atomic mass is 16.5. The van der Waals surface area contributed by atoms with Crippen molar-refractivity contribution < 1.29 is 33.5 Å². The summed E-state index contributed by atoms with van der Waals surface area (Å²) in [5.41, 5.74) is 6.25. The fourth-order valence-corrected chi connectivity index (χ4v) is 3.53. The van der Waals surface area contributed by atoms with Gasteiger partial charge in [-0.15, -0.1) is 0 Å². The van der Waals surface area contributed by atoms with E-state index >= 15 is 0 Å². The molecule has 13 nitrogen and oxygen atoms in total. The van der Waals surface area contributed by atoms with Gasteiger partial charge < -0.3 is 31.7 Å². The van der Waals surface area contributed by atoms with Crippen LogP contribution in [0.2, 0.25) is 0 Å². The molecule has 1 aliphatic heterocycles. The molecule has 14 heteroatoms. The first-order valence-electron chi connectivity index (χ1n) is 13.6. The fraction of sp³-hybridized carbons (Fsp3) is 0.556. The van der Waals surface area contributed by atoms with E-state index in [-0.39, 0.29) is 69.2 Å². The number of urea groups is 1. The van der Waals surface area contributed by atoms with Gasteiger partial charge >= 0.3 is 6.03 Å². The standard InChI is InChI=1S/C23H31BN4O6.C4H10N2O/c1-15(2)22(23(33)25-14-19(30)26-17-5-3-16(13-24)4-6-17)27-18(29)9-11-34-12-10-28-20(31)7-8-21(28)32;1-2-3-6-4(5)7/h3-6,15,22H,7-14H2,1-2H3,(H,25,33)(H,26,30)(H,27,29);2-3H2,1H3,(H3,5,6,7). The number of hydrogen-bond acceptors (Lipinski definition) is 7. The Morgan fingerprint density at radius 3 is 2.15 bits per heavy atom. The van der Waals surface area contributed by atoms with E-state index < -0.39 is 23.9 Å². The number of likely N-dealkylation sites (tertiary alicyclic amines) is 1. The van der Waals surface area contributed by atoms with Crippen LogP contribution in [0.1, 0.15) is 52.0 Å². The number of carbonyl (C=O) groups is 6. The van der Waals surface area contributed by atoms with Crippen LogP contribution in [0.4, 0.5) is 10.5 Å². The Labute approximate surface area is 242 Å². The Hall–Kier alpha value is -3.94. The number of carbonyl (C=O) groups excluding carboxylic acids is 6. The van der Waals surface area contributed by atoms with Gasteiger partial charge in [0.1, 0.15) is 6.04 Å². The van der Waals surface area contributed by atoms with Gasteiger partial charge in [-0.05, 0) is 24.5 Å². The second-order valence-electron chi connectivity index (χ2n) is 9.55. The maximum atomic E-state index is 12.5. The molecule has 1 aliphatic rings. The van der Waals surface area contributed by atoms with Crippen molar-refractivity contribution in [2.45, 2.75) is 58.8 Å². The molecule has 0 saturated carbocycles. The molecule has 1 fully saturated rings. The average Bonchev–Trinajstić information content (AvgIpc) is 3.26. The molecule has 1 atom stereocenters. The minimum Gasteiger partial charge on any atom is -0.379 e. The van der Waals surface area contributed by atoms with Gasteiger partial charge in [0.2, 0.25) is 29.5 Å². The van der Waals surface area contributed by atoms with Crippen LogP contribution < -0.4 is 27.0 Å². The van der Waals surface area contributed by atoms with Crippen LogP contribution in [0.5, 0.6) is 0 Å². The molecule has 6 N–H and O–H groups in total. The number of rotatable bonds is 15. The second-order valence-corrected chi connectivity index (χ2v) is 9.55. The van der Waals surface area contributed by atoms with Crippen LogP contribution in [0.25, 0.3) is 0 Å². The van der Waals surface area contributed by atoms with Crippen LogP contribution in [0.3, 0.4) is 0 Å². The number of nitrogens with two attached hydrogens (primary N) is 1. The topological polar surface area (TPSA) is 189 Å². The SMILES string of the molecule is CCCNC(N)=O.[B]Cc1ccc(NC(=O)CNC(=O)C(NC(=O)CCOCCN2C(=O)CCC2=O)C(C)C)cc1. The lowest BCUT2D eigenvalue weighted by Gasteiger charge is -2.21. The maximum absolute atomic E-state index is 12.5. The molecule has 0 aromatic heterocycles. The average molecular weight is 572 g/mol. The molecule has 1 saturated heterocycles. The van der Waals surface area contributed by atoms with E-state index in [1.807, 2.05) is 6.92 Å². The van der Waals surface area contributed by atoms with Gasteiger partial charge in [0.15, 0.2) is 0 Å². The third-order valence-electron chi connectivity index (χ3n) is 5.80. The molecular formula is C27H41BN6O7. The summed E-state index contributed by atoms with van der Waals surface area (Å²) in [5.74, 6) is -1.88. The Bertz CT molecular complexity index is 1020. The van der Waals surface area contributed by atoms with E-state index in [0.29, 0.717) is 18.6 Å². The minimum absolute atomic E-state index is 0.0116. The van der Waals surface area contributed by atoms with Crippen LogP contribution in [-0.4, -0.2) is 87.2 Å². The van der Waals surface area contributed by atoms with E-state index in [0.717, 1.165) is 16.9 Å². The molecule has 41 heavy (non-hydrogen) atoms. The number of benzene rings is 1. The predicted molar refractivity (Wildman–Crippen MR) is 154 cm³/mol. The quantitative estimate of drug-likeness (QED) is 0.112. The molecule has 224 valence electrons. The first-order chi connectivity index (χ1) is 19.5. The fourth-order valence-electron chi connectivity index (χ4n) is 3.53. The second kappa shape index (κ2) is 19.2. The predicted octanol–water partition coefficient (Wildman–Crippen LogP) is 0.171. The molecule has 0 spiro atoms. The maximum Gasteiger partial charge on any atom is 0.312 e. The number of amides is 7. The van der Waals surface area contributed by atoms with Crippen molar-refractivity contribution in [3.8, 4) is 0 Å². The van der Waals surface area contributed by atoms with Gasteiger partial charge in [-0.25, -0.2) is 4.79 Å². The molecule has 1 aromatic carbocycles. The van der Waals surface area contributed by atoms with Crippen LogP contribution in [0.15, 0.2) is 24.3 Å². The molecule has 1 heterocycles. The van der Waals surface area contributed by atoms with Crippen LogP contribution in [-0.2, 0) is 35.0 Å². The summed E-state index contributed by atoms with van der Waals surface area (Å²) in [6, 6.07) is 5.79. The van der Waals surface area contributed by atoms with Gasteiger partial charge in [-0.2, -0.15) is 0 Å². The Kier molecular flexibility index (Phi) is 16.4. The van der Waals surface area contributed by atoms with Crippen molar-refractivity contribution in [3.63, 3.8) is 0 Å². The van der Waals surface area contributed by atoms with E-state index in [1.54, 1.807) is 38.1 Å². The number of nitrogens with one attached hydrogen (secondary N) is 4. The molecule has 7 amide bonds. The zero-order valence-corrected chi connectivity index (χ0v) is 24.0. The lowest BCUT2D eigenvalue weighted by Crippen LogP contribution is -2.51. The van der Waals surface area contributed by atoms with Gasteiger partial charge in [-0.3, -0.25) is 28.9 Å². The monoisotopic (exact) mass is 572 g/mol. The lowest BCUT2D eigenvalue weighted by atomic mass is 9.97. The third kappa shape index (κ3) is 14.3. The van der Waals surface area contributed by atoms with Crippen molar-refractivity contribution in [3.05, 3.63) is 29.8 Å². The molecule has 0 bridgehead atoms. The van der Waals surface area contributed by atoms with E-state index in [4.69, 9.17) is 18.3 Å². The number of primary amides is 1. The number of nitrogens with zero attached hydrogens (tertiary/aromatic N) is 1. The van der Waals surface area contributed by atoms with Crippen molar-refractivity contribution in [2.24, 2.45) is 11.7 Å². The van der Waals surface area contributed by atoms with Crippen molar-refractivity contribution in [1.29, 1.82) is 0 Å². The van der Waals surface area contributed by atoms with Crippen LogP contribution >= 0.6 is 0 Å². The summed E-state index contributed by atoms with van der Waals surface area (Å²) in [5, 5.41) is 10.3. The molecular weight excluding hydrogens is 531 g/mol. The largest absolute Gasteiger partial charge is 0.379 e. The Balaban J connectivity index is 0.00000106. The third-order valence-corrected chi connectivity index (χ3v) is 5.80. The summed E-state index contributed by atoms with van der Waals surface area (Å²) in [6.45, 7) is 6.35. The Morgan fingerprint density at radius 1 is 1.00 bits per heavy atom. The summed E-state index contributed by atoms with van der Waals surface area (Å²) in [6.07, 6.45) is 1.80. The molecule has 2 radical (unpaired) electrons. The highest BCUT2D eigenvalue weighted by Crippen LogP contribution is 2.11. The van der Waals surface area contributed by atoms with E-state index in [2.05, 4.69) is 21.3 Å². The van der Waals surface area contributed by atoms with Gasteiger partial charge in [-0.1, -0.05) is 44.8 Å². The summed E-state index contributed by atoms with van der Waals surface area (Å²) >= 11 is 0. The highest BCUT2D eigenvalue weighted by Gasteiger charge is 2.28. The number of anilines is 1. The zero-order valence-electron chi connectivity index (χ0n) is 24.0. The van der Waals surface area contributed by atoms with Gasteiger partial charge in [0.05, 0.1) is 34.1 Å². The van der Waals surface area contributed by atoms with Crippen molar-refractivity contribution >= 4 is 49.1 Å². The minimum atomic E-state index is -0.816. The van der Waals surface area contributed by atoms with Crippen molar-refractivity contribution in [1.82, 2.24) is 20.9 Å². The molecule has 1 aromatic rings.